The summed E-state index contributed by atoms with van der Waals surface area (Å²) in [5.41, 5.74) is 2.73. The lowest BCUT2D eigenvalue weighted by Gasteiger charge is -2.25. The van der Waals surface area contributed by atoms with Crippen LogP contribution in [-0.2, 0) is 9.59 Å². The van der Waals surface area contributed by atoms with Crippen molar-refractivity contribution in [2.24, 2.45) is 0 Å². The highest BCUT2D eigenvalue weighted by Crippen LogP contribution is 2.42. The predicted molar refractivity (Wildman–Crippen MR) is 114 cm³/mol. The van der Waals surface area contributed by atoms with E-state index in [-0.39, 0.29) is 11.3 Å². The molecule has 0 saturated carbocycles. The Hall–Kier alpha value is -3.25. The number of nitrogens with zero attached hydrogens (tertiary/aromatic N) is 2. The first-order valence-electron chi connectivity index (χ1n) is 9.01. The van der Waals surface area contributed by atoms with Gasteiger partial charge in [-0.15, -0.1) is 0 Å². The van der Waals surface area contributed by atoms with Gasteiger partial charge in [-0.2, -0.15) is 0 Å². The van der Waals surface area contributed by atoms with Gasteiger partial charge in [0, 0.05) is 28.1 Å². The van der Waals surface area contributed by atoms with Crippen LogP contribution in [0.2, 0.25) is 0 Å². The summed E-state index contributed by atoms with van der Waals surface area (Å²) >= 11 is 3.44. The number of aromatic nitrogens is 1. The van der Waals surface area contributed by atoms with Crippen molar-refractivity contribution >= 4 is 39.1 Å². The Balaban J connectivity index is 1.95. The van der Waals surface area contributed by atoms with Gasteiger partial charge in [-0.1, -0.05) is 40.2 Å². The maximum Gasteiger partial charge on any atom is 0.300 e. The quantitative estimate of drug-likeness (QED) is 0.355. The maximum absolute atomic E-state index is 13.0. The van der Waals surface area contributed by atoms with Gasteiger partial charge in [0.1, 0.15) is 5.76 Å². The first kappa shape index (κ1) is 19.1. The number of amides is 1. The van der Waals surface area contributed by atoms with Gasteiger partial charge in [0.25, 0.3) is 11.7 Å². The second-order valence-corrected chi connectivity index (χ2v) is 7.60. The van der Waals surface area contributed by atoms with Crippen molar-refractivity contribution in [3.8, 4) is 0 Å². The lowest BCUT2D eigenvalue weighted by molar-refractivity contribution is -0.132. The molecule has 144 valence electrons. The lowest BCUT2D eigenvalue weighted by atomic mass is 9.95. The minimum atomic E-state index is -0.746. The molecular weight excluding hydrogens is 432 g/mol. The summed E-state index contributed by atoms with van der Waals surface area (Å²) in [6, 6.07) is 17.0. The van der Waals surface area contributed by atoms with E-state index >= 15 is 0 Å². The van der Waals surface area contributed by atoms with E-state index < -0.39 is 17.7 Å². The van der Waals surface area contributed by atoms with E-state index in [1.165, 1.54) is 4.90 Å². The molecule has 1 N–H and O–H groups in total. The predicted octanol–water partition coefficient (Wildman–Crippen LogP) is 4.78. The number of para-hydroxylation sites is 1. The number of pyridine rings is 1. The second-order valence-electron chi connectivity index (χ2n) is 6.75. The van der Waals surface area contributed by atoms with Crippen LogP contribution >= 0.6 is 15.9 Å². The molecule has 2 aromatic carbocycles. The molecule has 1 aromatic heterocycles. The summed E-state index contributed by atoms with van der Waals surface area (Å²) in [5, 5.41) is 11.1. The summed E-state index contributed by atoms with van der Waals surface area (Å²) in [5.74, 6) is -1.58. The third-order valence-electron chi connectivity index (χ3n) is 4.93. The number of carbonyl (C=O) groups is 2. The zero-order chi connectivity index (χ0) is 20.5. The van der Waals surface area contributed by atoms with Gasteiger partial charge >= 0.3 is 0 Å². The van der Waals surface area contributed by atoms with Crippen LogP contribution in [0.3, 0.4) is 0 Å². The van der Waals surface area contributed by atoms with E-state index in [0.717, 1.165) is 10.0 Å². The monoisotopic (exact) mass is 448 g/mol. The average Bonchev–Trinajstić information content (AvgIpc) is 3.01. The van der Waals surface area contributed by atoms with Crippen LogP contribution in [0.5, 0.6) is 0 Å². The van der Waals surface area contributed by atoms with E-state index in [2.05, 4.69) is 20.9 Å². The van der Waals surface area contributed by atoms with Crippen LogP contribution in [0.15, 0.2) is 83.1 Å². The Morgan fingerprint density at radius 1 is 1.03 bits per heavy atom. The van der Waals surface area contributed by atoms with Gasteiger partial charge in [0.15, 0.2) is 0 Å². The smallest absolute Gasteiger partial charge is 0.300 e. The minimum Gasteiger partial charge on any atom is -0.507 e. The van der Waals surface area contributed by atoms with Crippen LogP contribution in [-0.4, -0.2) is 21.8 Å². The van der Waals surface area contributed by atoms with Crippen molar-refractivity contribution < 1.29 is 14.7 Å². The minimum absolute atomic E-state index is 0.0618. The number of carbonyl (C=O) groups excluding carboxylic acids is 2. The lowest BCUT2D eigenvalue weighted by Crippen LogP contribution is -2.29. The number of hydrogen-bond donors (Lipinski definition) is 1. The topological polar surface area (TPSA) is 70.5 Å². The molecule has 29 heavy (non-hydrogen) atoms. The summed E-state index contributed by atoms with van der Waals surface area (Å²) in [6.45, 7) is 1.89. The summed E-state index contributed by atoms with van der Waals surface area (Å²) in [7, 11) is 0. The van der Waals surface area contributed by atoms with Crippen LogP contribution in [0.4, 0.5) is 5.69 Å². The third kappa shape index (κ3) is 3.36. The van der Waals surface area contributed by atoms with Gasteiger partial charge in [0.05, 0.1) is 11.6 Å². The number of aliphatic hydroxyl groups excluding tert-OH is 1. The van der Waals surface area contributed by atoms with E-state index in [4.69, 9.17) is 0 Å². The summed E-state index contributed by atoms with van der Waals surface area (Å²) in [6.07, 6.45) is 3.20. The highest BCUT2D eigenvalue weighted by atomic mass is 79.9. The van der Waals surface area contributed by atoms with Crippen molar-refractivity contribution in [1.29, 1.82) is 0 Å². The Morgan fingerprint density at radius 3 is 2.38 bits per heavy atom. The summed E-state index contributed by atoms with van der Waals surface area (Å²) in [4.78, 5) is 31.4. The Morgan fingerprint density at radius 2 is 1.72 bits per heavy atom. The number of hydrogen-bond acceptors (Lipinski definition) is 4. The molecule has 2 heterocycles. The SMILES string of the molecule is Cc1cc(/C(O)=C2/C(=O)C(=O)N(c3ccccc3)C2c2ccncc2)ccc1Br. The number of rotatable bonds is 3. The first-order valence-corrected chi connectivity index (χ1v) is 9.81. The molecule has 1 fully saturated rings. The van der Waals surface area contributed by atoms with Gasteiger partial charge in [0.2, 0.25) is 0 Å². The molecule has 6 heteroatoms. The first-order chi connectivity index (χ1) is 14.0. The van der Waals surface area contributed by atoms with Crippen molar-refractivity contribution in [3.05, 3.63) is 99.8 Å². The Bertz CT molecular complexity index is 1130. The molecular formula is C23H17BrN2O3. The standard InChI is InChI=1S/C23H17BrN2O3/c1-14-13-16(7-8-18(14)24)21(27)19-20(15-9-11-25-12-10-15)26(23(29)22(19)28)17-5-3-2-4-6-17/h2-13,20,27H,1H3/b21-19-. The molecule has 1 atom stereocenters. The zero-order valence-electron chi connectivity index (χ0n) is 15.5. The molecule has 1 aliphatic rings. The molecule has 1 amide bonds. The number of Topliss-reactive ketones (excluding diaryl/α,β-unsaturated/α-hetero) is 1. The molecule has 0 aliphatic carbocycles. The second kappa shape index (κ2) is 7.64. The highest BCUT2D eigenvalue weighted by molar-refractivity contribution is 9.10. The van der Waals surface area contributed by atoms with Crippen LogP contribution in [0, 0.1) is 6.92 Å². The molecule has 0 spiro atoms. The van der Waals surface area contributed by atoms with E-state index in [1.54, 1.807) is 67.0 Å². The van der Waals surface area contributed by atoms with Gasteiger partial charge < -0.3 is 5.11 Å². The molecule has 1 saturated heterocycles. The number of ketones is 1. The Labute approximate surface area is 176 Å². The fourth-order valence-corrected chi connectivity index (χ4v) is 3.74. The van der Waals surface area contributed by atoms with E-state index in [1.807, 2.05) is 13.0 Å². The molecule has 4 rings (SSSR count). The largest absolute Gasteiger partial charge is 0.507 e. The maximum atomic E-state index is 13.0. The molecule has 1 unspecified atom stereocenters. The molecule has 1 aliphatic heterocycles. The number of anilines is 1. The normalized spacial score (nSPS) is 18.3. The van der Waals surface area contributed by atoms with E-state index in [9.17, 15) is 14.7 Å². The van der Waals surface area contributed by atoms with Gasteiger partial charge in [-0.3, -0.25) is 19.5 Å². The number of aryl methyl sites for hydroxylation is 1. The Kier molecular flexibility index (Phi) is 5.03. The molecule has 3 aromatic rings. The average molecular weight is 449 g/mol. The van der Waals surface area contributed by atoms with Crippen LogP contribution in [0.1, 0.15) is 22.7 Å². The summed E-state index contributed by atoms with van der Waals surface area (Å²) < 4.78 is 0.893. The molecule has 0 radical (unpaired) electrons. The highest BCUT2D eigenvalue weighted by Gasteiger charge is 2.46. The zero-order valence-corrected chi connectivity index (χ0v) is 17.1. The number of benzene rings is 2. The van der Waals surface area contributed by atoms with Crippen molar-refractivity contribution in [2.45, 2.75) is 13.0 Å². The van der Waals surface area contributed by atoms with Gasteiger partial charge in [-0.25, -0.2) is 0 Å². The van der Waals surface area contributed by atoms with Crippen molar-refractivity contribution in [2.75, 3.05) is 4.90 Å². The van der Waals surface area contributed by atoms with Crippen molar-refractivity contribution in [1.82, 2.24) is 4.98 Å². The number of halogens is 1. The van der Waals surface area contributed by atoms with Gasteiger partial charge in [-0.05, 0) is 54.4 Å². The fourth-order valence-electron chi connectivity index (χ4n) is 3.50. The molecule has 0 bridgehead atoms. The number of aliphatic hydroxyl groups is 1. The van der Waals surface area contributed by atoms with Crippen LogP contribution < -0.4 is 4.90 Å². The van der Waals surface area contributed by atoms with Crippen molar-refractivity contribution in [3.63, 3.8) is 0 Å². The fraction of sp³-hybridized carbons (Fsp3) is 0.0870. The third-order valence-corrected chi connectivity index (χ3v) is 5.82. The molecule has 5 nitrogen and oxygen atoms in total. The van der Waals surface area contributed by atoms with Crippen LogP contribution in [0.25, 0.3) is 5.76 Å². The van der Waals surface area contributed by atoms with E-state index in [0.29, 0.717) is 16.8 Å².